The van der Waals surface area contributed by atoms with E-state index >= 15 is 0 Å². The zero-order chi connectivity index (χ0) is 22.9. The van der Waals surface area contributed by atoms with Crippen molar-refractivity contribution in [3.8, 4) is 5.75 Å². The molecular weight excluding hydrogens is 431 g/mol. The van der Waals surface area contributed by atoms with Gasteiger partial charge < -0.3 is 15.0 Å². The summed E-state index contributed by atoms with van der Waals surface area (Å²) in [6, 6.07) is 12.2. The summed E-state index contributed by atoms with van der Waals surface area (Å²) in [6.45, 7) is 0.118. The molecule has 0 spiro atoms. The minimum absolute atomic E-state index is 0.0215. The van der Waals surface area contributed by atoms with E-state index < -0.39 is 17.8 Å². The molecule has 5 nitrogen and oxygen atoms in total. The van der Waals surface area contributed by atoms with E-state index in [0.29, 0.717) is 5.75 Å². The average molecular weight is 461 g/mol. The third kappa shape index (κ3) is 6.22. The van der Waals surface area contributed by atoms with Gasteiger partial charge in [0.1, 0.15) is 23.5 Å². The Labute approximate surface area is 193 Å². The summed E-state index contributed by atoms with van der Waals surface area (Å²) in [7, 11) is 1.57. The number of hydrogen-bond donors (Lipinski definition) is 1. The van der Waals surface area contributed by atoms with E-state index in [9.17, 15) is 14.0 Å². The number of carbonyl (C=O) groups excluding carboxylic acids is 2. The van der Waals surface area contributed by atoms with Crippen LogP contribution in [-0.2, 0) is 16.1 Å². The van der Waals surface area contributed by atoms with Gasteiger partial charge in [-0.1, -0.05) is 56.0 Å². The predicted molar refractivity (Wildman–Crippen MR) is 123 cm³/mol. The maximum atomic E-state index is 14.8. The van der Waals surface area contributed by atoms with E-state index in [0.717, 1.165) is 44.1 Å². The second-order valence-electron chi connectivity index (χ2n) is 8.12. The SMILES string of the molecule is COc1ccc(CN(C(=O)CCl)C(C(=O)NC2CCCCCC2)c2ccccc2F)cc1. The Morgan fingerprint density at radius 3 is 2.34 bits per heavy atom. The van der Waals surface area contributed by atoms with Crippen LogP contribution in [0.3, 0.4) is 0 Å². The smallest absolute Gasteiger partial charge is 0.247 e. The van der Waals surface area contributed by atoms with Crippen molar-refractivity contribution >= 4 is 23.4 Å². The fraction of sp³-hybridized carbons (Fsp3) is 0.440. The van der Waals surface area contributed by atoms with Crippen molar-refractivity contribution in [3.05, 3.63) is 65.5 Å². The fourth-order valence-electron chi connectivity index (χ4n) is 4.18. The van der Waals surface area contributed by atoms with Crippen LogP contribution in [0.1, 0.15) is 55.7 Å². The van der Waals surface area contributed by atoms with Crippen molar-refractivity contribution in [1.29, 1.82) is 0 Å². The van der Waals surface area contributed by atoms with Crippen molar-refractivity contribution in [2.24, 2.45) is 0 Å². The number of hydrogen-bond acceptors (Lipinski definition) is 3. The van der Waals surface area contributed by atoms with Crippen molar-refractivity contribution in [3.63, 3.8) is 0 Å². The van der Waals surface area contributed by atoms with Crippen LogP contribution in [0.4, 0.5) is 4.39 Å². The molecule has 0 saturated heterocycles. The molecule has 7 heteroatoms. The summed E-state index contributed by atoms with van der Waals surface area (Å²) >= 11 is 5.91. The average Bonchev–Trinajstić information content (AvgIpc) is 3.08. The van der Waals surface area contributed by atoms with E-state index in [1.54, 1.807) is 37.4 Å². The Morgan fingerprint density at radius 1 is 1.09 bits per heavy atom. The maximum Gasteiger partial charge on any atom is 0.247 e. The number of rotatable bonds is 8. The van der Waals surface area contributed by atoms with Gasteiger partial charge in [0, 0.05) is 18.2 Å². The Kier molecular flexibility index (Phi) is 8.91. The molecule has 1 aliphatic carbocycles. The molecule has 0 radical (unpaired) electrons. The maximum absolute atomic E-state index is 14.8. The van der Waals surface area contributed by atoms with E-state index in [1.165, 1.54) is 11.0 Å². The summed E-state index contributed by atoms with van der Waals surface area (Å²) in [6.07, 6.45) is 6.17. The van der Waals surface area contributed by atoms with E-state index in [2.05, 4.69) is 5.32 Å². The first-order valence-corrected chi connectivity index (χ1v) is 11.6. The minimum Gasteiger partial charge on any atom is -0.497 e. The topological polar surface area (TPSA) is 58.6 Å². The molecule has 1 N–H and O–H groups in total. The van der Waals surface area contributed by atoms with Crippen molar-refractivity contribution in [1.82, 2.24) is 10.2 Å². The van der Waals surface area contributed by atoms with Gasteiger partial charge in [0.15, 0.2) is 0 Å². The van der Waals surface area contributed by atoms with Crippen LogP contribution >= 0.6 is 11.6 Å². The highest BCUT2D eigenvalue weighted by Gasteiger charge is 2.34. The second-order valence-corrected chi connectivity index (χ2v) is 8.39. The second kappa shape index (κ2) is 11.9. The summed E-state index contributed by atoms with van der Waals surface area (Å²) < 4.78 is 20.0. The molecule has 0 bridgehead atoms. The summed E-state index contributed by atoms with van der Waals surface area (Å²) in [5.41, 5.74) is 0.943. The molecule has 2 aromatic rings. The number of methoxy groups -OCH3 is 1. The lowest BCUT2D eigenvalue weighted by Gasteiger charge is -2.32. The molecule has 0 aromatic heterocycles. The number of halogens is 2. The molecule has 2 aromatic carbocycles. The molecule has 1 atom stereocenters. The van der Waals surface area contributed by atoms with Gasteiger partial charge in [-0.15, -0.1) is 11.6 Å². The Morgan fingerprint density at radius 2 is 1.75 bits per heavy atom. The lowest BCUT2D eigenvalue weighted by Crippen LogP contribution is -2.47. The normalized spacial score (nSPS) is 15.5. The number of alkyl halides is 1. The van der Waals surface area contributed by atoms with E-state index in [-0.39, 0.29) is 29.9 Å². The van der Waals surface area contributed by atoms with Gasteiger partial charge in [-0.2, -0.15) is 0 Å². The number of ether oxygens (including phenoxy) is 1. The van der Waals surface area contributed by atoms with Gasteiger partial charge in [-0.3, -0.25) is 9.59 Å². The lowest BCUT2D eigenvalue weighted by atomic mass is 10.0. The number of amides is 2. The minimum atomic E-state index is -1.12. The van der Waals surface area contributed by atoms with Crippen molar-refractivity contribution in [2.75, 3.05) is 13.0 Å². The van der Waals surface area contributed by atoms with E-state index in [4.69, 9.17) is 16.3 Å². The molecule has 1 saturated carbocycles. The van der Waals surface area contributed by atoms with Crippen LogP contribution in [0.5, 0.6) is 5.75 Å². The zero-order valence-corrected chi connectivity index (χ0v) is 19.1. The summed E-state index contributed by atoms with van der Waals surface area (Å²) in [5.74, 6) is -0.977. The number of benzene rings is 2. The standard InChI is InChI=1S/C25H30ClFN2O3/c1-32-20-14-12-18(13-15-20)17-29(23(30)16-26)24(21-10-6-7-11-22(21)27)25(31)28-19-8-4-2-3-5-9-19/h6-7,10-15,19,24H,2-5,8-9,16-17H2,1H3,(H,28,31). The molecule has 2 amide bonds. The van der Waals surface area contributed by atoms with Gasteiger partial charge in [0.05, 0.1) is 7.11 Å². The molecule has 3 rings (SSSR count). The first kappa shape index (κ1) is 24.1. The molecular formula is C25H30ClFN2O3. The van der Waals surface area contributed by atoms with Gasteiger partial charge in [0.2, 0.25) is 11.8 Å². The van der Waals surface area contributed by atoms with Crippen molar-refractivity contribution < 1.29 is 18.7 Å². The molecule has 1 fully saturated rings. The largest absolute Gasteiger partial charge is 0.497 e. The molecule has 32 heavy (non-hydrogen) atoms. The highest BCUT2D eigenvalue weighted by Crippen LogP contribution is 2.28. The quantitative estimate of drug-likeness (QED) is 0.446. The van der Waals surface area contributed by atoms with Gasteiger partial charge in [-0.25, -0.2) is 4.39 Å². The molecule has 172 valence electrons. The first-order valence-electron chi connectivity index (χ1n) is 11.1. The summed E-state index contributed by atoms with van der Waals surface area (Å²) in [4.78, 5) is 27.7. The van der Waals surface area contributed by atoms with Crippen LogP contribution < -0.4 is 10.1 Å². The van der Waals surface area contributed by atoms with Crippen LogP contribution in [0.25, 0.3) is 0 Å². The monoisotopic (exact) mass is 460 g/mol. The Bertz CT molecular complexity index is 898. The molecule has 0 heterocycles. The van der Waals surface area contributed by atoms with Crippen molar-refractivity contribution in [2.45, 2.75) is 57.2 Å². The van der Waals surface area contributed by atoms with E-state index in [1.807, 2.05) is 12.1 Å². The lowest BCUT2D eigenvalue weighted by molar-refractivity contribution is -0.140. The Hall–Kier alpha value is -2.60. The third-order valence-corrected chi connectivity index (χ3v) is 6.14. The third-order valence-electron chi connectivity index (χ3n) is 5.91. The highest BCUT2D eigenvalue weighted by atomic mass is 35.5. The molecule has 1 unspecified atom stereocenters. The number of nitrogens with one attached hydrogen (secondary N) is 1. The zero-order valence-electron chi connectivity index (χ0n) is 18.4. The fourth-order valence-corrected chi connectivity index (χ4v) is 4.33. The number of carbonyl (C=O) groups is 2. The van der Waals surface area contributed by atoms with Crippen LogP contribution in [0.2, 0.25) is 0 Å². The molecule has 0 aliphatic heterocycles. The van der Waals surface area contributed by atoms with Crippen LogP contribution in [-0.4, -0.2) is 35.7 Å². The van der Waals surface area contributed by atoms with Crippen LogP contribution in [0, 0.1) is 5.82 Å². The summed E-state index contributed by atoms with van der Waals surface area (Å²) in [5, 5.41) is 3.09. The number of nitrogens with zero attached hydrogens (tertiary/aromatic N) is 1. The van der Waals surface area contributed by atoms with Crippen LogP contribution in [0.15, 0.2) is 48.5 Å². The Balaban J connectivity index is 1.94. The predicted octanol–water partition coefficient (Wildman–Crippen LogP) is 4.98. The van der Waals surface area contributed by atoms with Gasteiger partial charge in [-0.05, 0) is 36.6 Å². The first-order chi connectivity index (χ1) is 15.5. The highest BCUT2D eigenvalue weighted by molar-refractivity contribution is 6.27. The van der Waals surface area contributed by atoms with Gasteiger partial charge >= 0.3 is 0 Å². The van der Waals surface area contributed by atoms with Gasteiger partial charge in [0.25, 0.3) is 0 Å². The molecule has 1 aliphatic rings.